The Bertz CT molecular complexity index is 2780. The van der Waals surface area contributed by atoms with Gasteiger partial charge in [0, 0.05) is 16.4 Å². The summed E-state index contributed by atoms with van der Waals surface area (Å²) in [4.78, 5) is 15.5. The van der Waals surface area contributed by atoms with Crippen LogP contribution in [0.1, 0.15) is 80.3 Å². The third kappa shape index (κ3) is 9.88. The zero-order chi connectivity index (χ0) is 44.6. The Balaban J connectivity index is 1.28. The topological polar surface area (TPSA) is 24.7 Å². The van der Waals surface area contributed by atoms with E-state index in [4.69, 9.17) is 9.98 Å². The second-order valence-electron chi connectivity index (χ2n) is 16.7. The van der Waals surface area contributed by atoms with Gasteiger partial charge in [0.25, 0.3) is 0 Å². The van der Waals surface area contributed by atoms with Crippen molar-refractivity contribution >= 4 is 86.9 Å². The van der Waals surface area contributed by atoms with E-state index in [-0.39, 0.29) is 0 Å². The Morgan fingerprint density at radius 1 is 0.688 bits per heavy atom. The van der Waals surface area contributed by atoms with Crippen molar-refractivity contribution in [3.8, 4) is 16.2 Å². The standard InChI is InChI=1S/C56H53N2PS4.Os/c1-8-20-47-31-33-49(62-47)53-51-52(56(57-53)61-37-39(5)6)54(58-55(51)60-36-38(3)4)50-34-32-48(63-50)30-29-42(35-43-22-19-21-41(43)9-2)40(7)59(44-23-13-10-14-24-44,45-25-15-11-16-26-45)46-27-17-12-18-28-46;/h8-18,20,23-28,31-35,38-39H,19,21-22,36-37H2,1-6H3;/q+1;/b20-8+,41-9?,42-40?,43-35?;. The summed E-state index contributed by atoms with van der Waals surface area (Å²) < 4.78 is 3.87. The number of allylic oxidation sites excluding steroid dienone is 9. The van der Waals surface area contributed by atoms with E-state index < -0.39 is 7.26 Å². The summed E-state index contributed by atoms with van der Waals surface area (Å²) in [6.45, 7) is 13.4. The van der Waals surface area contributed by atoms with Gasteiger partial charge in [-0.1, -0.05) is 33.8 Å². The van der Waals surface area contributed by atoms with Crippen LogP contribution in [0.3, 0.4) is 0 Å². The molecule has 2 aliphatic heterocycles. The van der Waals surface area contributed by atoms with Gasteiger partial charge in [-0.15, -0.1) is 11.3 Å². The minimum atomic E-state index is -2.46. The maximum atomic E-state index is 5.51. The Morgan fingerprint density at radius 3 is 1.70 bits per heavy atom. The summed E-state index contributed by atoms with van der Waals surface area (Å²) in [5.74, 6) is 10.7. The molecule has 3 aliphatic rings. The molecule has 2 nitrogen and oxygen atoms in total. The molecule has 8 heteroatoms. The normalized spacial score (nSPS) is 16.8. The van der Waals surface area contributed by atoms with E-state index in [2.05, 4.69) is 197 Å². The molecule has 5 aromatic rings. The average Bonchev–Trinajstić information content (AvgIpc) is 4.17. The van der Waals surface area contributed by atoms with Crippen molar-refractivity contribution in [3.63, 3.8) is 0 Å². The first kappa shape index (κ1) is 46.5. The summed E-state index contributed by atoms with van der Waals surface area (Å²) in [6, 6.07) is 42.2. The third-order valence-corrected chi connectivity index (χ3v) is 21.4. The third-order valence-electron chi connectivity index (χ3n) is 11.1. The van der Waals surface area contributed by atoms with Gasteiger partial charge < -0.3 is 0 Å². The van der Waals surface area contributed by atoms with Gasteiger partial charge in [-0.2, -0.15) is 0 Å². The quantitative estimate of drug-likeness (QED) is 0.0818. The molecule has 4 heterocycles. The van der Waals surface area contributed by atoms with Crippen molar-refractivity contribution in [1.82, 2.24) is 0 Å². The number of thiophene rings is 2. The molecular formula is C56H53N2OsPS4+. The van der Waals surface area contributed by atoms with Gasteiger partial charge in [-0.25, -0.2) is 0 Å². The molecule has 0 atom stereocenters. The molecule has 0 amide bonds. The van der Waals surface area contributed by atoms with Crippen LogP contribution in [-0.2, 0) is 17.9 Å². The van der Waals surface area contributed by atoms with Gasteiger partial charge in [0.1, 0.15) is 0 Å². The summed E-state index contributed by atoms with van der Waals surface area (Å²) in [5.41, 5.74) is 8.30. The Hall–Kier alpha value is -4.05. The van der Waals surface area contributed by atoms with E-state index >= 15 is 0 Å². The van der Waals surface area contributed by atoms with Crippen molar-refractivity contribution in [2.45, 2.75) is 60.8 Å². The molecule has 0 spiro atoms. The van der Waals surface area contributed by atoms with Gasteiger partial charge in [0.05, 0.1) is 4.88 Å². The van der Waals surface area contributed by atoms with Crippen LogP contribution in [0.15, 0.2) is 187 Å². The van der Waals surface area contributed by atoms with Crippen LogP contribution in [-0.4, -0.2) is 22.9 Å². The minimum absolute atomic E-state index is 0.535. The zero-order valence-corrected chi connectivity index (χ0v) is 44.0. The molecule has 3 aromatic carbocycles. The van der Waals surface area contributed by atoms with Crippen LogP contribution in [0.2, 0.25) is 0 Å². The van der Waals surface area contributed by atoms with Crippen LogP contribution < -0.4 is 15.9 Å². The number of rotatable bonds is 14. The number of nitrogens with zero attached hydrogens (tertiary/aromatic N) is 2. The fourth-order valence-electron chi connectivity index (χ4n) is 8.23. The SMILES string of the molecule is CC=C1CCCC1=CC(C#Cc1ccc(C2=NC(SCC(C)C)=C3C(c4ccc(/C=C/C)s4)=NC(SCC(C)C)=C23)s1)=C([C]#[Os])[P+](c1ccccc1)(c1ccccc1)c1ccccc1. The van der Waals surface area contributed by atoms with Crippen LogP contribution in [0.5, 0.6) is 0 Å². The molecule has 0 saturated heterocycles. The van der Waals surface area contributed by atoms with Crippen molar-refractivity contribution in [2.75, 3.05) is 11.5 Å². The van der Waals surface area contributed by atoms with E-state index in [0.717, 1.165) is 67.6 Å². The fraction of sp³-hybridized carbons (Fsp3) is 0.232. The molecule has 0 radical (unpaired) electrons. The molecule has 8 rings (SSSR count). The number of aliphatic imine (C=N–C) groups is 2. The summed E-state index contributed by atoms with van der Waals surface area (Å²) in [6.07, 6.45) is 12.3. The predicted octanol–water partition coefficient (Wildman–Crippen LogP) is 14.5. The molecule has 0 N–H and O–H groups in total. The maximum absolute atomic E-state index is 5.51. The molecule has 2 aromatic heterocycles. The molecule has 1 aliphatic carbocycles. The van der Waals surface area contributed by atoms with Crippen molar-refractivity contribution in [3.05, 3.63) is 196 Å². The van der Waals surface area contributed by atoms with Crippen molar-refractivity contribution in [2.24, 2.45) is 21.8 Å². The van der Waals surface area contributed by atoms with E-state index in [0.29, 0.717) is 11.8 Å². The van der Waals surface area contributed by atoms with Crippen molar-refractivity contribution in [1.29, 1.82) is 0 Å². The number of fused-ring (bicyclic) bond motifs is 1. The van der Waals surface area contributed by atoms with E-state index in [1.165, 1.54) is 53.3 Å². The first-order valence-electron chi connectivity index (χ1n) is 22.0. The van der Waals surface area contributed by atoms with Crippen LogP contribution >= 0.6 is 53.5 Å². The van der Waals surface area contributed by atoms with Gasteiger partial charge in [-0.3, -0.25) is 0 Å². The molecule has 0 unspecified atom stereocenters. The molecule has 0 bridgehead atoms. The number of benzene rings is 3. The monoisotopic (exact) mass is 1100 g/mol. The molecule has 1 saturated carbocycles. The first-order valence-corrected chi connectivity index (χ1v) is 28.7. The Labute approximate surface area is 408 Å². The Kier molecular flexibility index (Phi) is 15.6. The summed E-state index contributed by atoms with van der Waals surface area (Å²) in [7, 11) is -2.46. The van der Waals surface area contributed by atoms with Crippen LogP contribution in [0, 0.1) is 28.0 Å². The zero-order valence-electron chi connectivity index (χ0n) is 37.3. The van der Waals surface area contributed by atoms with Gasteiger partial charge >= 0.3 is 308 Å². The average molecular weight is 1100 g/mol. The second kappa shape index (κ2) is 21.5. The fourth-order valence-corrected chi connectivity index (χ4v) is 17.8. The van der Waals surface area contributed by atoms with E-state index in [1.54, 1.807) is 22.7 Å². The molecule has 64 heavy (non-hydrogen) atoms. The van der Waals surface area contributed by atoms with Crippen molar-refractivity contribution < 1.29 is 17.9 Å². The van der Waals surface area contributed by atoms with Crippen LogP contribution in [0.4, 0.5) is 0 Å². The molecule has 323 valence electrons. The van der Waals surface area contributed by atoms with Gasteiger partial charge in [0.2, 0.25) is 0 Å². The Morgan fingerprint density at radius 2 is 1.20 bits per heavy atom. The summed E-state index contributed by atoms with van der Waals surface area (Å²) >= 11 is 9.09. The second-order valence-corrected chi connectivity index (χ2v) is 24.9. The van der Waals surface area contributed by atoms with E-state index in [9.17, 15) is 0 Å². The van der Waals surface area contributed by atoms with E-state index in [1.807, 2.05) is 41.5 Å². The number of hydrogen-bond acceptors (Lipinski definition) is 6. The van der Waals surface area contributed by atoms with Gasteiger partial charge in [-0.05, 0) is 37.0 Å². The number of thioether (sulfide) groups is 2. The molecule has 1 fully saturated rings. The summed E-state index contributed by atoms with van der Waals surface area (Å²) in [5, 5.41) is 7.21. The first-order chi connectivity index (χ1) is 31.2. The predicted molar refractivity (Wildman–Crippen MR) is 284 cm³/mol. The number of hydrogen-bond donors (Lipinski definition) is 0. The van der Waals surface area contributed by atoms with Crippen LogP contribution in [0.25, 0.3) is 6.08 Å². The van der Waals surface area contributed by atoms with Gasteiger partial charge in [0.15, 0.2) is 0 Å². The molecular weight excluding hydrogens is 1050 g/mol.